The molecule has 0 aliphatic rings. The van der Waals surface area contributed by atoms with Gasteiger partial charge >= 0.3 is 0 Å². The van der Waals surface area contributed by atoms with Crippen LogP contribution in [0.3, 0.4) is 0 Å². The summed E-state index contributed by atoms with van der Waals surface area (Å²) in [5.74, 6) is 0. The topological polar surface area (TPSA) is 87.8 Å². The molecule has 3 rings (SSSR count). The van der Waals surface area contributed by atoms with Crippen LogP contribution < -0.4 is 5.73 Å². The van der Waals surface area contributed by atoms with Crippen LogP contribution in [0.1, 0.15) is 17.5 Å². The molecule has 0 bridgehead atoms. The zero-order valence-electron chi connectivity index (χ0n) is 12.4. The first-order valence-electron chi connectivity index (χ1n) is 7.27. The highest BCUT2D eigenvalue weighted by Gasteiger charge is 2.31. The highest BCUT2D eigenvalue weighted by molar-refractivity contribution is 6.30. The van der Waals surface area contributed by atoms with Gasteiger partial charge < -0.3 is 10.8 Å². The number of aromatic amines is 1. The number of nitrogens with one attached hydrogen (secondary N) is 1. The summed E-state index contributed by atoms with van der Waals surface area (Å²) in [6, 6.07) is 10.8. The maximum absolute atomic E-state index is 11.2. The molecule has 0 spiro atoms. The molecular weight excluding hydrogens is 312 g/mol. The van der Waals surface area contributed by atoms with Crippen LogP contribution >= 0.6 is 11.6 Å². The van der Waals surface area contributed by atoms with Crippen LogP contribution in [0.15, 0.2) is 55.0 Å². The maximum atomic E-state index is 11.2. The average molecular weight is 329 g/mol. The van der Waals surface area contributed by atoms with Crippen molar-refractivity contribution in [3.8, 4) is 11.3 Å². The molecule has 1 aromatic carbocycles. The maximum Gasteiger partial charge on any atom is 0.117 e. The molecule has 1 atom stereocenters. The summed E-state index contributed by atoms with van der Waals surface area (Å²) >= 11 is 5.94. The summed E-state index contributed by atoms with van der Waals surface area (Å²) < 4.78 is 0. The van der Waals surface area contributed by atoms with Crippen LogP contribution in [-0.2, 0) is 5.60 Å². The third-order valence-corrected chi connectivity index (χ3v) is 4.11. The van der Waals surface area contributed by atoms with Gasteiger partial charge in [0.1, 0.15) is 5.60 Å². The van der Waals surface area contributed by atoms with Crippen LogP contribution in [-0.4, -0.2) is 26.8 Å². The van der Waals surface area contributed by atoms with Gasteiger partial charge in [0, 0.05) is 28.5 Å². The first-order chi connectivity index (χ1) is 11.1. The minimum Gasteiger partial charge on any atom is -0.380 e. The van der Waals surface area contributed by atoms with Crippen molar-refractivity contribution in [2.45, 2.75) is 12.0 Å². The van der Waals surface area contributed by atoms with Crippen molar-refractivity contribution in [1.29, 1.82) is 0 Å². The fourth-order valence-electron chi connectivity index (χ4n) is 2.59. The molecule has 1 unspecified atom stereocenters. The molecule has 0 saturated heterocycles. The Labute approximate surface area is 139 Å². The van der Waals surface area contributed by atoms with Gasteiger partial charge in [-0.3, -0.25) is 10.1 Å². The summed E-state index contributed by atoms with van der Waals surface area (Å²) in [5, 5.41) is 18.5. The zero-order valence-corrected chi connectivity index (χ0v) is 13.2. The summed E-state index contributed by atoms with van der Waals surface area (Å²) in [6.07, 6.45) is 5.54. The molecule has 118 valence electrons. The Bertz CT molecular complexity index is 756. The number of nitrogens with two attached hydrogens (primary N) is 1. The monoisotopic (exact) mass is 328 g/mol. The highest BCUT2D eigenvalue weighted by atomic mass is 35.5. The molecular formula is C17H17ClN4O. The molecule has 3 aromatic rings. The van der Waals surface area contributed by atoms with Crippen molar-refractivity contribution in [2.75, 3.05) is 6.54 Å². The number of nitrogens with zero attached hydrogens (tertiary/aromatic N) is 2. The fourth-order valence-corrected chi connectivity index (χ4v) is 2.72. The van der Waals surface area contributed by atoms with E-state index in [1.54, 1.807) is 30.7 Å². The third-order valence-electron chi connectivity index (χ3n) is 3.86. The molecule has 0 aliphatic heterocycles. The zero-order chi connectivity index (χ0) is 16.3. The third kappa shape index (κ3) is 3.12. The fraction of sp³-hybridized carbons (Fsp3) is 0.176. The second-order valence-electron chi connectivity index (χ2n) is 5.32. The second-order valence-corrected chi connectivity index (χ2v) is 5.76. The largest absolute Gasteiger partial charge is 0.380 e. The van der Waals surface area contributed by atoms with E-state index in [0.29, 0.717) is 23.6 Å². The molecule has 0 radical (unpaired) electrons. The first kappa shape index (κ1) is 15.7. The van der Waals surface area contributed by atoms with E-state index in [0.717, 1.165) is 16.8 Å². The number of hydrogen-bond acceptors (Lipinski definition) is 4. The minimum atomic E-state index is -1.19. The van der Waals surface area contributed by atoms with Gasteiger partial charge in [0.25, 0.3) is 0 Å². The van der Waals surface area contributed by atoms with Gasteiger partial charge in [0.05, 0.1) is 11.9 Å². The molecule has 4 N–H and O–H groups in total. The van der Waals surface area contributed by atoms with E-state index in [1.165, 1.54) is 0 Å². The van der Waals surface area contributed by atoms with E-state index < -0.39 is 5.60 Å². The van der Waals surface area contributed by atoms with Crippen molar-refractivity contribution in [3.05, 3.63) is 71.1 Å². The Morgan fingerprint density at radius 1 is 1.09 bits per heavy atom. The van der Waals surface area contributed by atoms with E-state index in [1.807, 2.05) is 24.3 Å². The van der Waals surface area contributed by atoms with E-state index in [2.05, 4.69) is 15.2 Å². The molecule has 23 heavy (non-hydrogen) atoms. The Morgan fingerprint density at radius 2 is 1.83 bits per heavy atom. The highest BCUT2D eigenvalue weighted by Crippen LogP contribution is 2.33. The quantitative estimate of drug-likeness (QED) is 0.672. The van der Waals surface area contributed by atoms with Crippen molar-refractivity contribution in [1.82, 2.24) is 15.2 Å². The van der Waals surface area contributed by atoms with E-state index >= 15 is 0 Å². The van der Waals surface area contributed by atoms with Gasteiger partial charge in [0.15, 0.2) is 0 Å². The molecule has 0 aliphatic carbocycles. The van der Waals surface area contributed by atoms with Gasteiger partial charge in [0.2, 0.25) is 0 Å². The predicted octanol–water partition coefficient (Wildman–Crippen LogP) is 2.71. The molecule has 6 heteroatoms. The molecule has 0 fully saturated rings. The Hall–Kier alpha value is -2.21. The van der Waals surface area contributed by atoms with E-state index in [-0.39, 0.29) is 0 Å². The lowest BCUT2D eigenvalue weighted by Crippen LogP contribution is -2.30. The lowest BCUT2D eigenvalue weighted by atomic mass is 9.84. The number of H-pyrrole nitrogens is 1. The van der Waals surface area contributed by atoms with Crippen LogP contribution in [0.4, 0.5) is 0 Å². The van der Waals surface area contributed by atoms with Crippen LogP contribution in [0, 0.1) is 0 Å². The van der Waals surface area contributed by atoms with E-state index in [4.69, 9.17) is 17.3 Å². The minimum absolute atomic E-state index is 0.350. The van der Waals surface area contributed by atoms with Gasteiger partial charge in [-0.05, 0) is 36.7 Å². The lowest BCUT2D eigenvalue weighted by molar-refractivity contribution is 0.0734. The standard InChI is InChI=1S/C17H17ClN4O/c18-15-4-1-13(2-5-15)17(23,7-8-19)14-3-6-16(20-11-14)12-9-21-22-10-12/h1-6,9-11,23H,7-8,19H2,(H,21,22). The first-order valence-corrected chi connectivity index (χ1v) is 7.65. The average Bonchev–Trinajstić information content (AvgIpc) is 3.10. The van der Waals surface area contributed by atoms with Crippen molar-refractivity contribution >= 4 is 11.6 Å². The van der Waals surface area contributed by atoms with E-state index in [9.17, 15) is 5.11 Å². The number of rotatable bonds is 5. The van der Waals surface area contributed by atoms with Crippen molar-refractivity contribution in [2.24, 2.45) is 5.73 Å². The Balaban J connectivity index is 1.99. The smallest absolute Gasteiger partial charge is 0.117 e. The Kier molecular flexibility index (Phi) is 4.43. The molecule has 2 aromatic heterocycles. The van der Waals surface area contributed by atoms with Gasteiger partial charge in [-0.15, -0.1) is 0 Å². The second kappa shape index (κ2) is 6.50. The number of halogens is 1. The lowest BCUT2D eigenvalue weighted by Gasteiger charge is -2.29. The van der Waals surface area contributed by atoms with Gasteiger partial charge in [-0.2, -0.15) is 5.10 Å². The molecule has 0 saturated carbocycles. The molecule has 2 heterocycles. The molecule has 0 amide bonds. The van der Waals surface area contributed by atoms with Gasteiger partial charge in [-0.25, -0.2) is 0 Å². The number of aliphatic hydroxyl groups is 1. The van der Waals surface area contributed by atoms with Crippen molar-refractivity contribution in [3.63, 3.8) is 0 Å². The Morgan fingerprint density at radius 3 is 2.39 bits per heavy atom. The van der Waals surface area contributed by atoms with Gasteiger partial charge in [-0.1, -0.05) is 29.8 Å². The normalized spacial score (nSPS) is 13.7. The number of pyridine rings is 1. The summed E-state index contributed by atoms with van der Waals surface area (Å²) in [4.78, 5) is 4.43. The number of benzene rings is 1. The SMILES string of the molecule is NCCC(O)(c1ccc(Cl)cc1)c1ccc(-c2cn[nH]c2)nc1. The molecule has 5 nitrogen and oxygen atoms in total. The number of aromatic nitrogens is 3. The summed E-state index contributed by atoms with van der Waals surface area (Å²) in [7, 11) is 0. The van der Waals surface area contributed by atoms with Crippen LogP contribution in [0.5, 0.6) is 0 Å². The van der Waals surface area contributed by atoms with Crippen LogP contribution in [0.25, 0.3) is 11.3 Å². The summed E-state index contributed by atoms with van der Waals surface area (Å²) in [6.45, 7) is 0.350. The van der Waals surface area contributed by atoms with Crippen molar-refractivity contribution < 1.29 is 5.11 Å². The van der Waals surface area contributed by atoms with Crippen LogP contribution in [0.2, 0.25) is 5.02 Å². The predicted molar refractivity (Wildman–Crippen MR) is 89.9 cm³/mol. The number of hydrogen-bond donors (Lipinski definition) is 3. The summed E-state index contributed by atoms with van der Waals surface area (Å²) in [5.41, 5.74) is 7.63.